The SMILES string of the molecule is [C-]#[N+]c1ccc(C[C@@H](O)C(=O)C(C)C)cc1. The number of carbonyl (C=O) groups excluding carboxylic acids is 1. The Morgan fingerprint density at radius 1 is 1.38 bits per heavy atom. The average molecular weight is 217 g/mol. The number of nitrogens with zero attached hydrogens (tertiary/aromatic N) is 1. The Hall–Kier alpha value is -1.66. The molecule has 0 spiro atoms. The maximum absolute atomic E-state index is 11.5. The summed E-state index contributed by atoms with van der Waals surface area (Å²) in [6, 6.07) is 6.91. The normalized spacial score (nSPS) is 12.2. The molecule has 1 N–H and O–H groups in total. The summed E-state index contributed by atoms with van der Waals surface area (Å²) >= 11 is 0. The van der Waals surface area contributed by atoms with Crippen molar-refractivity contribution in [2.45, 2.75) is 26.4 Å². The first-order chi connectivity index (χ1) is 7.54. The van der Waals surface area contributed by atoms with Crippen LogP contribution in [0, 0.1) is 12.5 Å². The molecule has 0 unspecified atom stereocenters. The van der Waals surface area contributed by atoms with Crippen LogP contribution < -0.4 is 0 Å². The fourth-order valence-corrected chi connectivity index (χ4v) is 1.42. The van der Waals surface area contributed by atoms with Crippen LogP contribution in [0.5, 0.6) is 0 Å². The Morgan fingerprint density at radius 3 is 2.38 bits per heavy atom. The Balaban J connectivity index is 2.67. The lowest BCUT2D eigenvalue weighted by molar-refractivity contribution is -0.130. The molecule has 0 radical (unpaired) electrons. The largest absolute Gasteiger partial charge is 0.385 e. The first kappa shape index (κ1) is 12.4. The van der Waals surface area contributed by atoms with Gasteiger partial charge in [-0.25, -0.2) is 4.85 Å². The summed E-state index contributed by atoms with van der Waals surface area (Å²) in [7, 11) is 0. The van der Waals surface area contributed by atoms with Crippen molar-refractivity contribution < 1.29 is 9.90 Å². The van der Waals surface area contributed by atoms with E-state index in [1.54, 1.807) is 38.1 Å². The van der Waals surface area contributed by atoms with Gasteiger partial charge >= 0.3 is 0 Å². The standard InChI is InChI=1S/C13H15NO2/c1-9(2)13(16)12(15)8-10-4-6-11(14-3)7-5-10/h4-7,9,12,15H,8H2,1-2H3/t12-/m1/s1. The van der Waals surface area contributed by atoms with Crippen LogP contribution in [0.4, 0.5) is 5.69 Å². The van der Waals surface area contributed by atoms with Crippen molar-refractivity contribution in [3.63, 3.8) is 0 Å². The molecule has 1 rings (SSSR count). The van der Waals surface area contributed by atoms with E-state index in [1.807, 2.05) is 0 Å². The number of carbonyl (C=O) groups is 1. The van der Waals surface area contributed by atoms with Gasteiger partial charge in [-0.2, -0.15) is 0 Å². The number of aliphatic hydroxyl groups is 1. The average Bonchev–Trinajstić information content (AvgIpc) is 2.28. The van der Waals surface area contributed by atoms with Crippen molar-refractivity contribution in [1.29, 1.82) is 0 Å². The zero-order valence-electron chi connectivity index (χ0n) is 9.47. The maximum atomic E-state index is 11.5. The third-order valence-electron chi connectivity index (χ3n) is 2.39. The molecule has 3 nitrogen and oxygen atoms in total. The van der Waals surface area contributed by atoms with Gasteiger partial charge in [-0.05, 0) is 5.56 Å². The van der Waals surface area contributed by atoms with Gasteiger partial charge < -0.3 is 5.11 Å². The van der Waals surface area contributed by atoms with Crippen molar-refractivity contribution >= 4 is 11.5 Å². The molecule has 0 saturated heterocycles. The minimum absolute atomic E-state index is 0.144. The molecule has 1 aromatic carbocycles. The molecule has 0 aliphatic heterocycles. The molecule has 16 heavy (non-hydrogen) atoms. The molecule has 0 aliphatic rings. The number of Topliss-reactive ketones (excluding diaryl/α,β-unsaturated/α-hetero) is 1. The smallest absolute Gasteiger partial charge is 0.187 e. The summed E-state index contributed by atoms with van der Waals surface area (Å²) in [5, 5.41) is 9.66. The molecule has 0 aromatic heterocycles. The first-order valence-corrected chi connectivity index (χ1v) is 5.22. The molecule has 0 aliphatic carbocycles. The minimum Gasteiger partial charge on any atom is -0.385 e. The van der Waals surface area contributed by atoms with Crippen molar-refractivity contribution in [3.8, 4) is 0 Å². The zero-order valence-corrected chi connectivity index (χ0v) is 9.47. The molecule has 0 heterocycles. The molecular formula is C13H15NO2. The van der Waals surface area contributed by atoms with Gasteiger partial charge in [-0.15, -0.1) is 0 Å². The van der Waals surface area contributed by atoms with Gasteiger partial charge in [0.15, 0.2) is 11.5 Å². The lowest BCUT2D eigenvalue weighted by Crippen LogP contribution is -2.27. The molecule has 1 atom stereocenters. The van der Waals surface area contributed by atoms with Gasteiger partial charge in [0.05, 0.1) is 6.57 Å². The van der Waals surface area contributed by atoms with Crippen LogP contribution in [0.15, 0.2) is 24.3 Å². The highest BCUT2D eigenvalue weighted by atomic mass is 16.3. The van der Waals surface area contributed by atoms with E-state index in [2.05, 4.69) is 4.85 Å². The van der Waals surface area contributed by atoms with E-state index < -0.39 is 6.10 Å². The van der Waals surface area contributed by atoms with Crippen LogP contribution >= 0.6 is 0 Å². The molecule has 3 heteroatoms. The van der Waals surface area contributed by atoms with Gasteiger partial charge in [0.2, 0.25) is 0 Å². The first-order valence-electron chi connectivity index (χ1n) is 5.22. The minimum atomic E-state index is -0.946. The van der Waals surface area contributed by atoms with Crippen LogP contribution in [-0.2, 0) is 11.2 Å². The molecule has 0 bridgehead atoms. The van der Waals surface area contributed by atoms with Crippen molar-refractivity contribution in [2.75, 3.05) is 0 Å². The Morgan fingerprint density at radius 2 is 1.94 bits per heavy atom. The highest BCUT2D eigenvalue weighted by Gasteiger charge is 2.18. The number of benzene rings is 1. The van der Waals surface area contributed by atoms with Crippen molar-refractivity contribution in [3.05, 3.63) is 41.2 Å². The topological polar surface area (TPSA) is 41.7 Å². The van der Waals surface area contributed by atoms with Crippen LogP contribution in [0.3, 0.4) is 0 Å². The lowest BCUT2D eigenvalue weighted by atomic mass is 9.98. The number of hydrogen-bond donors (Lipinski definition) is 1. The molecule has 0 saturated carbocycles. The van der Waals surface area contributed by atoms with Gasteiger partial charge in [0.25, 0.3) is 0 Å². The van der Waals surface area contributed by atoms with Crippen LogP contribution in [0.2, 0.25) is 0 Å². The van der Waals surface area contributed by atoms with E-state index >= 15 is 0 Å². The quantitative estimate of drug-likeness (QED) is 0.787. The van der Waals surface area contributed by atoms with Crippen molar-refractivity contribution in [1.82, 2.24) is 0 Å². The summed E-state index contributed by atoms with van der Waals surface area (Å²) in [4.78, 5) is 14.7. The fourth-order valence-electron chi connectivity index (χ4n) is 1.42. The number of hydrogen-bond acceptors (Lipinski definition) is 2. The second kappa shape index (κ2) is 5.43. The van der Waals surface area contributed by atoms with Crippen molar-refractivity contribution in [2.24, 2.45) is 5.92 Å². The van der Waals surface area contributed by atoms with E-state index in [1.165, 1.54) is 0 Å². The van der Waals surface area contributed by atoms with Gasteiger partial charge in [0.1, 0.15) is 6.10 Å². The maximum Gasteiger partial charge on any atom is 0.187 e. The fraction of sp³-hybridized carbons (Fsp3) is 0.385. The highest BCUT2D eigenvalue weighted by Crippen LogP contribution is 2.14. The number of aliphatic hydroxyl groups excluding tert-OH is 1. The zero-order chi connectivity index (χ0) is 12.1. The van der Waals surface area contributed by atoms with E-state index in [0.717, 1.165) is 5.56 Å². The monoisotopic (exact) mass is 217 g/mol. The van der Waals surface area contributed by atoms with Gasteiger partial charge in [-0.3, -0.25) is 4.79 Å². The predicted molar refractivity (Wildman–Crippen MR) is 62.3 cm³/mol. The molecule has 0 amide bonds. The van der Waals surface area contributed by atoms with Gasteiger partial charge in [-0.1, -0.05) is 38.1 Å². The second-order valence-corrected chi connectivity index (χ2v) is 4.06. The van der Waals surface area contributed by atoms with E-state index in [9.17, 15) is 9.90 Å². The summed E-state index contributed by atoms with van der Waals surface area (Å²) in [6.45, 7) is 10.3. The van der Waals surface area contributed by atoms with Crippen LogP contribution in [0.1, 0.15) is 19.4 Å². The van der Waals surface area contributed by atoms with E-state index in [4.69, 9.17) is 6.57 Å². The Labute approximate surface area is 95.5 Å². The molecular weight excluding hydrogens is 202 g/mol. The van der Waals surface area contributed by atoms with Crippen LogP contribution in [-0.4, -0.2) is 17.0 Å². The summed E-state index contributed by atoms with van der Waals surface area (Å²) < 4.78 is 0. The lowest BCUT2D eigenvalue weighted by Gasteiger charge is -2.11. The summed E-state index contributed by atoms with van der Waals surface area (Å²) in [6.07, 6.45) is -0.631. The summed E-state index contributed by atoms with van der Waals surface area (Å²) in [5.41, 5.74) is 1.43. The number of rotatable bonds is 4. The van der Waals surface area contributed by atoms with E-state index in [0.29, 0.717) is 12.1 Å². The third-order valence-corrected chi connectivity index (χ3v) is 2.39. The Bertz CT molecular complexity index is 401. The molecule has 1 aromatic rings. The molecule has 0 fully saturated rings. The third kappa shape index (κ3) is 3.18. The second-order valence-electron chi connectivity index (χ2n) is 4.06. The van der Waals surface area contributed by atoms with E-state index in [-0.39, 0.29) is 11.7 Å². The summed E-state index contributed by atoms with van der Waals surface area (Å²) in [5.74, 6) is -0.299. The highest BCUT2D eigenvalue weighted by molar-refractivity contribution is 5.84. The Kier molecular flexibility index (Phi) is 4.21. The predicted octanol–water partition coefficient (Wildman–Crippen LogP) is 2.37. The molecule has 84 valence electrons. The van der Waals surface area contributed by atoms with Gasteiger partial charge in [0, 0.05) is 12.3 Å². The van der Waals surface area contributed by atoms with Crippen LogP contribution in [0.25, 0.3) is 4.85 Å². The number of ketones is 1.